The first-order valence-corrected chi connectivity index (χ1v) is 19.9. The zero-order chi connectivity index (χ0) is 35.0. The van der Waals surface area contributed by atoms with Gasteiger partial charge >= 0.3 is 5.97 Å². The molecule has 10 atom stereocenters. The minimum atomic E-state index is -2.46. The van der Waals surface area contributed by atoms with E-state index in [4.69, 9.17) is 47.1 Å². The van der Waals surface area contributed by atoms with Crippen LogP contribution in [0.15, 0.2) is 24.3 Å². The maximum absolute atomic E-state index is 13.8. The van der Waals surface area contributed by atoms with Gasteiger partial charge in [0, 0.05) is 17.4 Å². The van der Waals surface area contributed by atoms with Crippen LogP contribution in [-0.4, -0.2) is 90.6 Å². The van der Waals surface area contributed by atoms with E-state index in [1.165, 1.54) is 0 Å². The summed E-state index contributed by atoms with van der Waals surface area (Å²) >= 11 is 0. The van der Waals surface area contributed by atoms with Crippen molar-refractivity contribution < 1.29 is 57.0 Å². The normalized spacial score (nSPS) is 33.7. The van der Waals surface area contributed by atoms with Crippen molar-refractivity contribution in [2.75, 3.05) is 34.2 Å². The molecule has 2 aromatic rings. The fourth-order valence-corrected chi connectivity index (χ4v) is 8.84. The molecule has 6 unspecified atom stereocenters. The molecule has 0 spiro atoms. The average Bonchev–Trinajstić information content (AvgIpc) is 3.68. The van der Waals surface area contributed by atoms with Crippen LogP contribution in [0.3, 0.4) is 0 Å². The van der Waals surface area contributed by atoms with Crippen molar-refractivity contribution >= 4 is 14.3 Å². The highest BCUT2D eigenvalue weighted by Crippen LogP contribution is 2.57. The van der Waals surface area contributed by atoms with Gasteiger partial charge in [-0.3, -0.25) is 4.79 Å². The van der Waals surface area contributed by atoms with Crippen LogP contribution in [0.1, 0.15) is 62.0 Å². The lowest BCUT2D eigenvalue weighted by molar-refractivity contribution is -0.362. The number of aliphatic hydroxyl groups is 1. The second-order valence-electron chi connectivity index (χ2n) is 15.1. The molecule has 4 aliphatic heterocycles. The third-order valence-electron chi connectivity index (χ3n) is 11.2. The van der Waals surface area contributed by atoms with Crippen LogP contribution in [0.4, 0.5) is 0 Å². The van der Waals surface area contributed by atoms with Crippen LogP contribution in [0, 0.1) is 18.8 Å². The van der Waals surface area contributed by atoms with E-state index >= 15 is 0 Å². The molecule has 4 heterocycles. The highest BCUT2D eigenvalue weighted by molar-refractivity contribution is 6.74. The monoisotopic (exact) mass is 700 g/mol. The number of ether oxygens (including phenoxy) is 9. The number of rotatable bonds is 7. The predicted molar refractivity (Wildman–Crippen MR) is 177 cm³/mol. The number of esters is 1. The quantitative estimate of drug-likeness (QED) is 0.309. The lowest BCUT2D eigenvalue weighted by Crippen LogP contribution is -2.66. The summed E-state index contributed by atoms with van der Waals surface area (Å²) in [6, 6.07) is 7.76. The molecule has 1 aliphatic carbocycles. The summed E-state index contributed by atoms with van der Waals surface area (Å²) in [6.45, 7) is 14.8. The van der Waals surface area contributed by atoms with Crippen molar-refractivity contribution in [3.63, 3.8) is 0 Å². The summed E-state index contributed by atoms with van der Waals surface area (Å²) in [5.74, 6) is 0.671. The minimum absolute atomic E-state index is 0.0807. The summed E-state index contributed by atoms with van der Waals surface area (Å²) in [5.41, 5.74) is 3.33. The number of cyclic esters (lactones) is 1. The van der Waals surface area contributed by atoms with E-state index < -0.39 is 69.2 Å². The molecule has 0 saturated carbocycles. The van der Waals surface area contributed by atoms with E-state index in [0.29, 0.717) is 23.0 Å². The Balaban J connectivity index is 1.33. The topological polar surface area (TPSA) is 130 Å². The maximum Gasteiger partial charge on any atom is 0.310 e. The Morgan fingerprint density at radius 1 is 0.918 bits per heavy atom. The van der Waals surface area contributed by atoms with E-state index in [-0.39, 0.29) is 31.0 Å². The smallest absolute Gasteiger partial charge is 0.310 e. The molecule has 0 radical (unpaired) electrons. The highest BCUT2D eigenvalue weighted by atomic mass is 28.4. The van der Waals surface area contributed by atoms with Crippen LogP contribution < -0.4 is 18.9 Å². The number of carbonyl (C=O) groups is 1. The lowest BCUT2D eigenvalue weighted by atomic mass is 9.66. The van der Waals surface area contributed by atoms with Gasteiger partial charge in [0.1, 0.15) is 35.9 Å². The zero-order valence-corrected chi connectivity index (χ0v) is 30.6. The molecular weight excluding hydrogens is 652 g/mol. The SMILES string of the molecule is COc1cc([C@@H]2c3cc4c(cc3[C@@H](OC3OC5COC(C)OC5C(O)C3O[Si](C)(C)C(C)(C)C)[C@H]3COC(=O)[C@H]23)OCO4)cc(OC)c1C. The molecule has 0 bridgehead atoms. The van der Waals surface area contributed by atoms with Crippen molar-refractivity contribution in [2.24, 2.45) is 11.8 Å². The number of methoxy groups -OCH3 is 2. The number of hydrogen-bond acceptors (Lipinski definition) is 12. The van der Waals surface area contributed by atoms with Crippen LogP contribution >= 0.6 is 0 Å². The molecule has 12 nitrogen and oxygen atoms in total. The van der Waals surface area contributed by atoms with Crippen LogP contribution in [0.25, 0.3) is 0 Å². The second kappa shape index (κ2) is 12.7. The average molecular weight is 701 g/mol. The summed E-state index contributed by atoms with van der Waals surface area (Å²) in [7, 11) is 0.767. The highest BCUT2D eigenvalue weighted by Gasteiger charge is 2.57. The Morgan fingerprint density at radius 3 is 2.20 bits per heavy atom. The van der Waals surface area contributed by atoms with Gasteiger partial charge in [0.05, 0.1) is 39.5 Å². The third-order valence-corrected chi connectivity index (χ3v) is 15.7. The molecule has 49 heavy (non-hydrogen) atoms. The van der Waals surface area contributed by atoms with Gasteiger partial charge in [-0.15, -0.1) is 0 Å². The molecule has 3 saturated heterocycles. The second-order valence-corrected chi connectivity index (χ2v) is 19.9. The Bertz CT molecular complexity index is 1560. The Hall–Kier alpha value is -2.91. The largest absolute Gasteiger partial charge is 0.496 e. The van der Waals surface area contributed by atoms with Gasteiger partial charge in [0.25, 0.3) is 0 Å². The number of hydrogen-bond donors (Lipinski definition) is 1. The molecule has 0 aromatic heterocycles. The molecule has 13 heteroatoms. The molecule has 1 N–H and O–H groups in total. The van der Waals surface area contributed by atoms with E-state index in [2.05, 4.69) is 33.9 Å². The van der Waals surface area contributed by atoms with Crippen molar-refractivity contribution in [3.05, 3.63) is 46.5 Å². The van der Waals surface area contributed by atoms with Gasteiger partial charge in [-0.2, -0.15) is 0 Å². The summed E-state index contributed by atoms with van der Waals surface area (Å²) in [5, 5.41) is 11.7. The van der Waals surface area contributed by atoms with Crippen LogP contribution in [0.5, 0.6) is 23.0 Å². The Kier molecular flexibility index (Phi) is 8.95. The fraction of sp³-hybridized carbons (Fsp3) is 0.639. The van der Waals surface area contributed by atoms with Gasteiger partial charge < -0.3 is 52.2 Å². The molecule has 268 valence electrons. The van der Waals surface area contributed by atoms with Gasteiger partial charge in [-0.1, -0.05) is 20.8 Å². The van der Waals surface area contributed by atoms with E-state index in [1.54, 1.807) is 21.1 Å². The van der Waals surface area contributed by atoms with Crippen molar-refractivity contribution in [1.82, 2.24) is 0 Å². The van der Waals surface area contributed by atoms with Crippen molar-refractivity contribution in [1.29, 1.82) is 0 Å². The van der Waals surface area contributed by atoms with Crippen LogP contribution in [0.2, 0.25) is 18.1 Å². The van der Waals surface area contributed by atoms with Crippen molar-refractivity contribution in [2.45, 2.75) is 102 Å². The molecule has 7 rings (SSSR count). The number of fused-ring (bicyclic) bond motifs is 4. The summed E-state index contributed by atoms with van der Waals surface area (Å²) < 4.78 is 61.3. The number of carbonyl (C=O) groups excluding carboxylic acids is 1. The van der Waals surface area contributed by atoms with E-state index in [0.717, 1.165) is 22.3 Å². The molecular formula is C36H48O12Si. The number of benzene rings is 2. The van der Waals surface area contributed by atoms with Gasteiger partial charge in [-0.05, 0) is 72.9 Å². The van der Waals surface area contributed by atoms with E-state index in [1.807, 2.05) is 31.2 Å². The van der Waals surface area contributed by atoms with Crippen molar-refractivity contribution in [3.8, 4) is 23.0 Å². The number of aliphatic hydroxyl groups excluding tert-OH is 1. The standard InChI is InChI=1S/C36H48O12Si/c1-17-23(39-6)10-19(11-24(17)40-7)28-20-12-25-26(44-16-43-25)13-21(20)31(22-14-42-34(38)29(22)28)47-35-33(48-49(8,9)36(3,4)5)30(37)32-27(46-35)15-41-18(2)45-32/h10-13,18,22,27-33,35,37H,14-16H2,1-9H3/t18?,22-,27?,28+,29-,30?,31+,32?,33?,35?/m0/s1. The van der Waals surface area contributed by atoms with Gasteiger partial charge in [0.15, 0.2) is 32.4 Å². The van der Waals surface area contributed by atoms with Crippen LogP contribution in [-0.2, 0) is 32.9 Å². The first-order chi connectivity index (χ1) is 23.2. The zero-order valence-electron chi connectivity index (χ0n) is 29.6. The third kappa shape index (κ3) is 5.90. The van der Waals surface area contributed by atoms with Gasteiger partial charge in [0.2, 0.25) is 6.79 Å². The fourth-order valence-electron chi connectivity index (χ4n) is 7.56. The predicted octanol–water partition coefficient (Wildman–Crippen LogP) is 4.97. The minimum Gasteiger partial charge on any atom is -0.496 e. The maximum atomic E-state index is 13.8. The van der Waals surface area contributed by atoms with E-state index in [9.17, 15) is 9.90 Å². The summed E-state index contributed by atoms with van der Waals surface area (Å²) in [4.78, 5) is 13.8. The lowest BCUT2D eigenvalue weighted by Gasteiger charge is -2.51. The molecule has 0 amide bonds. The Labute approximate surface area is 288 Å². The summed E-state index contributed by atoms with van der Waals surface area (Å²) in [6.07, 6.45) is -5.37. The van der Waals surface area contributed by atoms with Gasteiger partial charge in [-0.25, -0.2) is 0 Å². The first kappa shape index (κ1) is 34.5. The molecule has 3 fully saturated rings. The Morgan fingerprint density at radius 2 is 1.57 bits per heavy atom. The molecule has 5 aliphatic rings. The molecule has 2 aromatic carbocycles. The first-order valence-electron chi connectivity index (χ1n) is 17.0.